The molecule has 0 saturated carbocycles. The van der Waals surface area contributed by atoms with Gasteiger partial charge in [0.15, 0.2) is 0 Å². The van der Waals surface area contributed by atoms with E-state index in [2.05, 4.69) is 173 Å². The van der Waals surface area contributed by atoms with E-state index in [9.17, 15) is 0 Å². The van der Waals surface area contributed by atoms with Crippen LogP contribution in [-0.4, -0.2) is 11.0 Å². The summed E-state index contributed by atoms with van der Waals surface area (Å²) in [5.41, 5.74) is 8.15. The molecule has 0 fully saturated rings. The van der Waals surface area contributed by atoms with E-state index in [1.165, 1.54) is 102 Å². The predicted octanol–water partition coefficient (Wildman–Crippen LogP) is 15.4. The molecule has 0 amide bonds. The molecule has 8 rings (SSSR count). The Labute approximate surface area is 355 Å². The maximum atomic E-state index is 2.34. The van der Waals surface area contributed by atoms with Crippen LogP contribution in [0, 0.1) is 7.43 Å². The van der Waals surface area contributed by atoms with Crippen LogP contribution in [0.3, 0.4) is 0 Å². The summed E-state index contributed by atoms with van der Waals surface area (Å²) in [6.07, 6.45) is 7.71. The number of fused-ring (bicyclic) bond motifs is 4. The first-order valence-electron chi connectivity index (χ1n) is 18.0. The summed E-state index contributed by atoms with van der Waals surface area (Å²) in [4.78, 5) is 0. The third-order valence-electron chi connectivity index (χ3n) is 9.55. The van der Waals surface area contributed by atoms with Gasteiger partial charge in [-0.15, -0.1) is 93.9 Å². The van der Waals surface area contributed by atoms with Crippen LogP contribution in [0.5, 0.6) is 0 Å². The summed E-state index contributed by atoms with van der Waals surface area (Å²) in [6.45, 7) is 8.89. The SMILES string of the molecule is CCCCCC.CCc1cc2c(-c3cccc4ccccc34)cccc2[cH-]1.CCc1cc2c(-c3cccc4ccccc34)cccc2[cH-]1.Cl.Cl.[CH3-].[Si].[Zr+3]. The molecule has 0 aliphatic rings. The summed E-state index contributed by atoms with van der Waals surface area (Å²) >= 11 is 0. The fourth-order valence-electron chi connectivity index (χ4n) is 6.89. The monoisotopic (exact) mass is 829 g/mol. The third kappa shape index (κ3) is 11.1. The Balaban J connectivity index is 0.000000426. The predicted molar refractivity (Wildman–Crippen MR) is 240 cm³/mol. The number of benzene rings is 6. The second kappa shape index (κ2) is 23.5. The molecule has 5 radical (unpaired) electrons. The number of rotatable bonds is 7. The van der Waals surface area contributed by atoms with Gasteiger partial charge in [0.25, 0.3) is 0 Å². The smallest absolute Gasteiger partial charge is 0.358 e. The summed E-state index contributed by atoms with van der Waals surface area (Å²) in [6, 6.07) is 52.9. The van der Waals surface area contributed by atoms with Gasteiger partial charge in [-0.25, -0.2) is 0 Å². The fraction of sp³-hybridized carbons (Fsp3) is 0.204. The molecule has 4 heteroatoms. The van der Waals surface area contributed by atoms with Crippen LogP contribution in [0.4, 0.5) is 0 Å². The van der Waals surface area contributed by atoms with Gasteiger partial charge >= 0.3 is 26.2 Å². The van der Waals surface area contributed by atoms with Crippen LogP contribution < -0.4 is 0 Å². The van der Waals surface area contributed by atoms with Crippen LogP contribution in [0.1, 0.15) is 64.5 Å². The number of unbranched alkanes of at least 4 members (excludes halogenated alkanes) is 3. The van der Waals surface area contributed by atoms with Crippen molar-refractivity contribution >= 4 is 78.9 Å². The normalized spacial score (nSPS) is 9.96. The molecule has 0 aliphatic carbocycles. The standard InChI is InChI=1S/2C21H17.C6H14.CH3.2ClH.Si.Zr/c2*1-2-15-13-17-9-6-12-20(21(17)14-15)19-11-5-8-16-7-3-4-10-18(16)19;1-3-5-6-4-2;;;;;/h2*3-14H,2H2,1H3;3-6H2,1-2H3;1H3;2*1H;;/q2*-1;;-1;;;;+3. The first-order valence-corrected chi connectivity index (χ1v) is 18.0. The number of aryl methyl sites for hydroxylation is 2. The van der Waals surface area contributed by atoms with Crippen LogP contribution in [0.15, 0.2) is 146 Å². The van der Waals surface area contributed by atoms with Gasteiger partial charge in [0.2, 0.25) is 0 Å². The minimum absolute atomic E-state index is 0. The van der Waals surface area contributed by atoms with Gasteiger partial charge < -0.3 is 7.43 Å². The van der Waals surface area contributed by atoms with Gasteiger partial charge in [0.1, 0.15) is 0 Å². The van der Waals surface area contributed by atoms with Crippen LogP contribution in [-0.2, 0) is 39.0 Å². The zero-order chi connectivity index (χ0) is 33.3. The molecule has 0 heterocycles. The van der Waals surface area contributed by atoms with Crippen molar-refractivity contribution in [3.8, 4) is 22.3 Å². The molecule has 0 bridgehead atoms. The molecule has 0 atom stereocenters. The second-order valence-electron chi connectivity index (χ2n) is 12.8. The first kappa shape index (κ1) is 47.8. The Morgan fingerprint density at radius 2 is 0.736 bits per heavy atom. The molecule has 8 aromatic carbocycles. The van der Waals surface area contributed by atoms with Gasteiger partial charge in [0.05, 0.1) is 0 Å². The van der Waals surface area contributed by atoms with E-state index in [1.807, 2.05) is 0 Å². The summed E-state index contributed by atoms with van der Waals surface area (Å²) < 4.78 is 0. The number of halogens is 2. The van der Waals surface area contributed by atoms with Crippen LogP contribution in [0.2, 0.25) is 0 Å². The van der Waals surface area contributed by atoms with E-state index in [-0.39, 0.29) is 69.4 Å². The van der Waals surface area contributed by atoms with Gasteiger partial charge in [-0.3, -0.25) is 0 Å². The zero-order valence-corrected chi connectivity index (χ0v) is 37.0. The van der Waals surface area contributed by atoms with Gasteiger partial charge in [-0.2, -0.15) is 12.1 Å². The Morgan fingerprint density at radius 3 is 1.09 bits per heavy atom. The Morgan fingerprint density at radius 1 is 0.415 bits per heavy atom. The molecule has 0 aliphatic heterocycles. The van der Waals surface area contributed by atoms with E-state index >= 15 is 0 Å². The maximum Gasteiger partial charge on any atom is 3.00 e. The molecule has 0 aromatic heterocycles. The number of hydrogen-bond donors (Lipinski definition) is 0. The molecule has 0 unspecified atom stereocenters. The van der Waals surface area contributed by atoms with Crippen LogP contribution >= 0.6 is 24.8 Å². The van der Waals surface area contributed by atoms with Crippen molar-refractivity contribution in [2.24, 2.45) is 0 Å². The minimum Gasteiger partial charge on any atom is -0.358 e. The van der Waals surface area contributed by atoms with Crippen molar-refractivity contribution in [1.82, 2.24) is 0 Å². The summed E-state index contributed by atoms with van der Waals surface area (Å²) in [5, 5.41) is 10.7. The maximum absolute atomic E-state index is 2.34. The Kier molecular flexibility index (Phi) is 21.2. The topological polar surface area (TPSA) is 0 Å². The van der Waals surface area contributed by atoms with Gasteiger partial charge in [-0.05, 0) is 45.5 Å². The minimum atomic E-state index is 0. The molecular weight excluding hydrogens is 779 g/mol. The quantitative estimate of drug-likeness (QED) is 0.0853. The Hall–Kier alpha value is -3.26. The molecule has 0 saturated heterocycles. The van der Waals surface area contributed by atoms with E-state index in [4.69, 9.17) is 0 Å². The van der Waals surface area contributed by atoms with Crippen molar-refractivity contribution in [3.05, 3.63) is 164 Å². The van der Waals surface area contributed by atoms with E-state index < -0.39 is 0 Å². The van der Waals surface area contributed by atoms with Gasteiger partial charge in [0, 0.05) is 11.0 Å². The van der Waals surface area contributed by atoms with Crippen molar-refractivity contribution in [2.45, 2.75) is 66.2 Å². The van der Waals surface area contributed by atoms with E-state index in [0.29, 0.717) is 0 Å². The molecule has 8 aromatic rings. The second-order valence-corrected chi connectivity index (χ2v) is 12.8. The van der Waals surface area contributed by atoms with E-state index in [1.54, 1.807) is 0 Å². The number of hydrogen-bond acceptors (Lipinski definition) is 0. The van der Waals surface area contributed by atoms with E-state index in [0.717, 1.165) is 12.8 Å². The first-order chi connectivity index (χ1) is 23.6. The largest absolute Gasteiger partial charge is 3.00 e. The molecule has 53 heavy (non-hydrogen) atoms. The average Bonchev–Trinajstić information content (AvgIpc) is 3.78. The average molecular weight is 832 g/mol. The van der Waals surface area contributed by atoms with Crippen LogP contribution in [0.25, 0.3) is 65.3 Å². The summed E-state index contributed by atoms with van der Waals surface area (Å²) in [7, 11) is 0. The van der Waals surface area contributed by atoms with Crippen molar-refractivity contribution in [1.29, 1.82) is 0 Å². The van der Waals surface area contributed by atoms with Crippen molar-refractivity contribution in [2.75, 3.05) is 0 Å². The third-order valence-corrected chi connectivity index (χ3v) is 9.55. The van der Waals surface area contributed by atoms with Gasteiger partial charge in [-0.1, -0.05) is 162 Å². The van der Waals surface area contributed by atoms with Crippen molar-refractivity contribution < 1.29 is 26.2 Å². The summed E-state index contributed by atoms with van der Waals surface area (Å²) in [5.74, 6) is 0. The fourth-order valence-corrected chi connectivity index (χ4v) is 6.89. The molecular formula is C49H53Cl2SiZr. The molecule has 0 spiro atoms. The molecule has 0 nitrogen and oxygen atoms in total. The molecule has 0 N–H and O–H groups in total. The zero-order valence-electron chi connectivity index (χ0n) is 31.9. The molecule has 271 valence electrons. The van der Waals surface area contributed by atoms with Crippen molar-refractivity contribution in [3.63, 3.8) is 0 Å². The Bertz CT molecular complexity index is 2090.